The summed E-state index contributed by atoms with van der Waals surface area (Å²) >= 11 is 0. The fraction of sp³-hybridized carbons (Fsp3) is 0.136. The predicted octanol–water partition coefficient (Wildman–Crippen LogP) is 3.19. The molecule has 0 saturated carbocycles. The summed E-state index contributed by atoms with van der Waals surface area (Å²) in [4.78, 5) is 34.1. The Kier molecular flexibility index (Phi) is 4.20. The van der Waals surface area contributed by atoms with Crippen molar-refractivity contribution < 1.29 is 4.79 Å². The number of fused-ring (bicyclic) bond motifs is 1. The average molecular weight is 357 g/mol. The predicted molar refractivity (Wildman–Crippen MR) is 107 cm³/mol. The Morgan fingerprint density at radius 1 is 1.04 bits per heavy atom. The molecule has 2 aromatic carbocycles. The first-order valence-corrected chi connectivity index (χ1v) is 8.77. The molecule has 1 amide bonds. The van der Waals surface area contributed by atoms with Crippen LogP contribution in [0, 0.1) is 6.92 Å². The first kappa shape index (κ1) is 17.0. The van der Waals surface area contributed by atoms with Crippen LogP contribution in [0.2, 0.25) is 0 Å². The smallest absolute Gasteiger partial charge is 0.258 e. The Morgan fingerprint density at radius 2 is 1.74 bits per heavy atom. The van der Waals surface area contributed by atoms with Gasteiger partial charge >= 0.3 is 0 Å². The van der Waals surface area contributed by atoms with Crippen LogP contribution in [0.3, 0.4) is 0 Å². The van der Waals surface area contributed by atoms with Crippen LogP contribution in [-0.2, 0) is 11.2 Å². The monoisotopic (exact) mass is 357 g/mol. The number of aromatic amines is 1. The maximum Gasteiger partial charge on any atom is 0.258 e. The summed E-state index contributed by atoms with van der Waals surface area (Å²) in [6.45, 7) is 1.83. The molecule has 0 saturated heterocycles. The normalized spacial score (nSPS) is 14.7. The molecular weight excluding hydrogens is 338 g/mol. The van der Waals surface area contributed by atoms with E-state index in [0.29, 0.717) is 29.1 Å². The molecule has 134 valence electrons. The third kappa shape index (κ3) is 3.08. The highest BCUT2D eigenvalue weighted by Gasteiger charge is 2.29. The zero-order valence-electron chi connectivity index (χ0n) is 15.2. The Balaban J connectivity index is 1.73. The van der Waals surface area contributed by atoms with Gasteiger partial charge in [-0.3, -0.25) is 9.59 Å². The van der Waals surface area contributed by atoms with E-state index in [1.807, 2.05) is 61.5 Å². The number of likely N-dealkylation sites (N-methyl/N-ethyl adjacent to an activating group) is 1. The quantitative estimate of drug-likeness (QED) is 0.732. The molecule has 5 nitrogen and oxygen atoms in total. The van der Waals surface area contributed by atoms with Gasteiger partial charge in [-0.1, -0.05) is 48.5 Å². The fourth-order valence-electron chi connectivity index (χ4n) is 3.38. The summed E-state index contributed by atoms with van der Waals surface area (Å²) in [6, 6.07) is 17.4. The minimum atomic E-state index is -0.176. The third-order valence-corrected chi connectivity index (χ3v) is 4.84. The highest BCUT2D eigenvalue weighted by molar-refractivity contribution is 6.35. The van der Waals surface area contributed by atoms with Gasteiger partial charge in [-0.2, -0.15) is 0 Å². The largest absolute Gasteiger partial charge is 0.311 e. The van der Waals surface area contributed by atoms with Crippen LogP contribution >= 0.6 is 0 Å². The molecule has 5 heteroatoms. The molecule has 4 rings (SSSR count). The van der Waals surface area contributed by atoms with Gasteiger partial charge in [0.25, 0.3) is 11.5 Å². The van der Waals surface area contributed by atoms with Crippen molar-refractivity contribution in [1.29, 1.82) is 0 Å². The van der Waals surface area contributed by atoms with Crippen molar-refractivity contribution in [3.63, 3.8) is 0 Å². The van der Waals surface area contributed by atoms with Crippen molar-refractivity contribution in [3.05, 3.63) is 93.2 Å². The summed E-state index contributed by atoms with van der Waals surface area (Å²) in [5.41, 5.74) is 4.42. The standard InChI is InChI=1S/C22H19N3O2/c1-14-17(12-15-8-4-3-5-9-15)21(26)24-20(23-14)13-18-16-10-6-7-11-19(16)25(2)22(18)27/h3-11,13H,12H2,1-2H3,(H,23,24,26)/b18-13-. The molecule has 1 aromatic heterocycles. The number of H-pyrrole nitrogens is 1. The number of aryl methyl sites for hydroxylation is 1. The van der Waals surface area contributed by atoms with Gasteiger partial charge in [-0.05, 0) is 24.6 Å². The molecule has 0 atom stereocenters. The Hall–Kier alpha value is -3.47. The van der Waals surface area contributed by atoms with Gasteiger partial charge in [-0.25, -0.2) is 4.98 Å². The van der Waals surface area contributed by atoms with E-state index >= 15 is 0 Å². The van der Waals surface area contributed by atoms with E-state index in [4.69, 9.17) is 0 Å². The van der Waals surface area contributed by atoms with Crippen molar-refractivity contribution in [1.82, 2.24) is 9.97 Å². The minimum Gasteiger partial charge on any atom is -0.311 e. The molecule has 3 aromatic rings. The summed E-state index contributed by atoms with van der Waals surface area (Å²) in [5, 5.41) is 0. The lowest BCUT2D eigenvalue weighted by molar-refractivity contribution is -0.112. The molecule has 0 spiro atoms. The molecule has 1 aliphatic heterocycles. The molecule has 0 fully saturated rings. The molecule has 0 unspecified atom stereocenters. The number of nitrogens with zero attached hydrogens (tertiary/aromatic N) is 2. The van der Waals surface area contributed by atoms with Gasteiger partial charge in [-0.15, -0.1) is 0 Å². The maximum atomic E-state index is 12.6. The molecule has 0 radical (unpaired) electrons. The van der Waals surface area contributed by atoms with Gasteiger partial charge in [0.05, 0.1) is 11.3 Å². The number of carbonyl (C=O) groups excluding carboxylic acids is 1. The molecule has 1 aliphatic rings. The number of carbonyl (C=O) groups is 1. The molecule has 2 heterocycles. The number of rotatable bonds is 3. The Bertz CT molecular complexity index is 1110. The van der Waals surface area contributed by atoms with Crippen LogP contribution in [0.4, 0.5) is 5.69 Å². The van der Waals surface area contributed by atoms with Crippen molar-refractivity contribution in [3.8, 4) is 0 Å². The van der Waals surface area contributed by atoms with Crippen LogP contribution < -0.4 is 10.5 Å². The SMILES string of the molecule is Cc1nc(/C=C2\C(=O)N(C)c3ccccc32)[nH]c(=O)c1Cc1ccccc1. The maximum absolute atomic E-state index is 12.6. The van der Waals surface area contributed by atoms with Crippen molar-refractivity contribution in [2.75, 3.05) is 11.9 Å². The average Bonchev–Trinajstić information content (AvgIpc) is 2.91. The lowest BCUT2D eigenvalue weighted by Crippen LogP contribution is -2.21. The van der Waals surface area contributed by atoms with Crippen LogP contribution in [-0.4, -0.2) is 22.9 Å². The number of aromatic nitrogens is 2. The Morgan fingerprint density at radius 3 is 2.48 bits per heavy atom. The second-order valence-corrected chi connectivity index (χ2v) is 6.62. The van der Waals surface area contributed by atoms with Crippen LogP contribution in [0.25, 0.3) is 11.6 Å². The second kappa shape index (κ2) is 6.68. The zero-order valence-corrected chi connectivity index (χ0v) is 15.2. The van der Waals surface area contributed by atoms with Crippen molar-refractivity contribution in [2.45, 2.75) is 13.3 Å². The molecular formula is C22H19N3O2. The van der Waals surface area contributed by atoms with E-state index in [-0.39, 0.29) is 11.5 Å². The van der Waals surface area contributed by atoms with E-state index in [1.54, 1.807) is 18.0 Å². The first-order valence-electron chi connectivity index (χ1n) is 8.77. The summed E-state index contributed by atoms with van der Waals surface area (Å²) in [5.74, 6) is 0.285. The van der Waals surface area contributed by atoms with E-state index in [9.17, 15) is 9.59 Å². The molecule has 0 aliphatic carbocycles. The van der Waals surface area contributed by atoms with Gasteiger partial charge < -0.3 is 9.88 Å². The number of amides is 1. The fourth-order valence-corrected chi connectivity index (χ4v) is 3.38. The highest BCUT2D eigenvalue weighted by atomic mass is 16.2. The topological polar surface area (TPSA) is 66.1 Å². The van der Waals surface area contributed by atoms with E-state index in [1.165, 1.54) is 0 Å². The van der Waals surface area contributed by atoms with E-state index in [2.05, 4.69) is 9.97 Å². The summed E-state index contributed by atoms with van der Waals surface area (Å²) in [6.07, 6.45) is 2.18. The third-order valence-electron chi connectivity index (χ3n) is 4.84. The van der Waals surface area contributed by atoms with E-state index < -0.39 is 0 Å². The van der Waals surface area contributed by atoms with E-state index in [0.717, 1.165) is 16.8 Å². The molecule has 27 heavy (non-hydrogen) atoms. The van der Waals surface area contributed by atoms with Crippen LogP contribution in [0.15, 0.2) is 59.4 Å². The Labute approximate surface area is 157 Å². The van der Waals surface area contributed by atoms with Crippen LogP contribution in [0.1, 0.15) is 28.2 Å². The summed E-state index contributed by atoms with van der Waals surface area (Å²) < 4.78 is 0. The highest BCUT2D eigenvalue weighted by Crippen LogP contribution is 2.36. The number of para-hydroxylation sites is 1. The van der Waals surface area contributed by atoms with Gasteiger partial charge in [0.2, 0.25) is 0 Å². The first-order chi connectivity index (χ1) is 13.0. The van der Waals surface area contributed by atoms with Crippen molar-refractivity contribution in [2.24, 2.45) is 0 Å². The van der Waals surface area contributed by atoms with Gasteiger partial charge in [0, 0.05) is 30.3 Å². The number of anilines is 1. The second-order valence-electron chi connectivity index (χ2n) is 6.62. The number of hydrogen-bond acceptors (Lipinski definition) is 3. The van der Waals surface area contributed by atoms with Crippen LogP contribution in [0.5, 0.6) is 0 Å². The molecule has 0 bridgehead atoms. The number of nitrogens with one attached hydrogen (secondary N) is 1. The number of benzene rings is 2. The minimum absolute atomic E-state index is 0.107. The lowest BCUT2D eigenvalue weighted by atomic mass is 10.0. The summed E-state index contributed by atoms with van der Waals surface area (Å²) in [7, 11) is 1.74. The van der Waals surface area contributed by atoms with Gasteiger partial charge in [0.1, 0.15) is 5.82 Å². The lowest BCUT2D eigenvalue weighted by Gasteiger charge is -2.08. The van der Waals surface area contributed by atoms with Crippen molar-refractivity contribution >= 4 is 23.2 Å². The molecule has 1 N–H and O–H groups in total. The number of hydrogen-bond donors (Lipinski definition) is 1. The zero-order chi connectivity index (χ0) is 19.0. The van der Waals surface area contributed by atoms with Gasteiger partial charge in [0.15, 0.2) is 0 Å².